The van der Waals surface area contributed by atoms with Crippen molar-refractivity contribution in [3.05, 3.63) is 52.5 Å². The lowest BCUT2D eigenvalue weighted by molar-refractivity contribution is -0.117. The molecule has 4 nitrogen and oxygen atoms in total. The Bertz CT molecular complexity index is 716. The first kappa shape index (κ1) is 16.0. The van der Waals surface area contributed by atoms with Crippen LogP contribution in [0.1, 0.15) is 12.8 Å². The van der Waals surface area contributed by atoms with E-state index in [4.69, 9.17) is 27.9 Å². The molecule has 0 aliphatic carbocycles. The molecule has 6 heteroatoms. The van der Waals surface area contributed by atoms with E-state index in [9.17, 15) is 4.79 Å². The van der Waals surface area contributed by atoms with Crippen molar-refractivity contribution in [2.24, 2.45) is 0 Å². The number of carbonyl (C=O) groups is 1. The van der Waals surface area contributed by atoms with Crippen molar-refractivity contribution in [2.45, 2.75) is 19.0 Å². The Balaban J connectivity index is 1.91. The predicted octanol–water partition coefficient (Wildman–Crippen LogP) is 4.57. The van der Waals surface area contributed by atoms with Crippen molar-refractivity contribution in [1.29, 1.82) is 0 Å². The number of nitrogens with zero attached hydrogens (tertiary/aromatic N) is 1. The summed E-state index contributed by atoms with van der Waals surface area (Å²) in [5.41, 5.74) is 1.53. The van der Waals surface area contributed by atoms with Crippen LogP contribution in [0.3, 0.4) is 0 Å². The van der Waals surface area contributed by atoms with Gasteiger partial charge in [-0.2, -0.15) is 0 Å². The van der Waals surface area contributed by atoms with Gasteiger partial charge in [-0.1, -0.05) is 35.3 Å². The fraction of sp³-hybridized carbons (Fsp3) is 0.235. The zero-order valence-corrected chi connectivity index (χ0v) is 14.1. The maximum atomic E-state index is 12.3. The van der Waals surface area contributed by atoms with Crippen LogP contribution in [0, 0.1) is 0 Å². The smallest absolute Gasteiger partial charge is 0.228 e. The first-order valence-electron chi connectivity index (χ1n) is 7.26. The van der Waals surface area contributed by atoms with E-state index in [0.717, 1.165) is 11.4 Å². The number of nitrogens with one attached hydrogen (secondary N) is 1. The summed E-state index contributed by atoms with van der Waals surface area (Å²) in [6, 6.07) is 12.8. The Morgan fingerprint density at radius 3 is 2.57 bits per heavy atom. The highest BCUT2D eigenvalue weighted by Crippen LogP contribution is 2.33. The van der Waals surface area contributed by atoms with E-state index in [1.807, 2.05) is 24.3 Å². The third-order valence-corrected chi connectivity index (χ3v) is 4.20. The Labute approximate surface area is 144 Å². The number of carbonyl (C=O) groups excluding carboxylic acids is 1. The SMILES string of the molecule is COc1ccccc1N[C@@H]1CCC(=O)N1c1cc(Cl)cc(Cl)c1. The van der Waals surface area contributed by atoms with Gasteiger partial charge in [0.25, 0.3) is 0 Å². The fourth-order valence-electron chi connectivity index (χ4n) is 2.77. The van der Waals surface area contributed by atoms with Gasteiger partial charge in [-0.05, 0) is 36.8 Å². The zero-order valence-electron chi connectivity index (χ0n) is 12.6. The highest BCUT2D eigenvalue weighted by molar-refractivity contribution is 6.35. The molecule has 0 unspecified atom stereocenters. The Kier molecular flexibility index (Phi) is 4.64. The molecule has 0 radical (unpaired) electrons. The van der Waals surface area contributed by atoms with Crippen LogP contribution < -0.4 is 15.0 Å². The van der Waals surface area contributed by atoms with E-state index in [0.29, 0.717) is 28.6 Å². The summed E-state index contributed by atoms with van der Waals surface area (Å²) in [7, 11) is 1.62. The summed E-state index contributed by atoms with van der Waals surface area (Å²) in [6.07, 6.45) is 0.992. The summed E-state index contributed by atoms with van der Waals surface area (Å²) in [5.74, 6) is 0.770. The molecule has 2 aromatic carbocycles. The average molecular weight is 351 g/mol. The van der Waals surface area contributed by atoms with Gasteiger partial charge < -0.3 is 10.1 Å². The van der Waals surface area contributed by atoms with E-state index < -0.39 is 0 Å². The Hall–Kier alpha value is -1.91. The third kappa shape index (κ3) is 3.38. The first-order valence-corrected chi connectivity index (χ1v) is 8.02. The number of para-hydroxylation sites is 2. The lowest BCUT2D eigenvalue weighted by Crippen LogP contribution is -2.38. The van der Waals surface area contributed by atoms with E-state index in [1.54, 1.807) is 30.2 Å². The molecule has 1 atom stereocenters. The molecule has 2 aromatic rings. The minimum atomic E-state index is -0.173. The molecule has 0 spiro atoms. The summed E-state index contributed by atoms with van der Waals surface area (Å²) in [4.78, 5) is 14.0. The Morgan fingerprint density at radius 2 is 1.87 bits per heavy atom. The largest absolute Gasteiger partial charge is 0.495 e. The van der Waals surface area contributed by atoms with E-state index in [1.165, 1.54) is 0 Å². The lowest BCUT2D eigenvalue weighted by Gasteiger charge is -2.27. The van der Waals surface area contributed by atoms with Gasteiger partial charge in [-0.25, -0.2) is 0 Å². The number of ether oxygens (including phenoxy) is 1. The van der Waals surface area contributed by atoms with Gasteiger partial charge in [-0.15, -0.1) is 0 Å². The van der Waals surface area contributed by atoms with Crippen molar-refractivity contribution in [3.8, 4) is 5.75 Å². The molecule has 120 valence electrons. The Morgan fingerprint density at radius 1 is 1.17 bits per heavy atom. The van der Waals surface area contributed by atoms with Crippen molar-refractivity contribution < 1.29 is 9.53 Å². The number of rotatable bonds is 4. The average Bonchev–Trinajstić information content (AvgIpc) is 2.87. The quantitative estimate of drug-likeness (QED) is 0.878. The van der Waals surface area contributed by atoms with Gasteiger partial charge in [0.1, 0.15) is 11.9 Å². The molecule has 1 heterocycles. The second-order valence-corrected chi connectivity index (χ2v) is 6.16. The second-order valence-electron chi connectivity index (χ2n) is 5.29. The first-order chi connectivity index (χ1) is 11.1. The molecular weight excluding hydrogens is 335 g/mol. The number of amides is 1. The van der Waals surface area contributed by atoms with Gasteiger partial charge in [0.15, 0.2) is 0 Å². The number of halogens is 2. The molecule has 1 N–H and O–H groups in total. The molecule has 3 rings (SSSR count). The maximum absolute atomic E-state index is 12.3. The van der Waals surface area contributed by atoms with E-state index >= 15 is 0 Å². The summed E-state index contributed by atoms with van der Waals surface area (Å²) >= 11 is 12.1. The number of benzene rings is 2. The number of hydrogen-bond acceptors (Lipinski definition) is 3. The van der Waals surface area contributed by atoms with Gasteiger partial charge in [0.2, 0.25) is 5.91 Å². The normalized spacial score (nSPS) is 17.4. The highest BCUT2D eigenvalue weighted by atomic mass is 35.5. The lowest BCUT2D eigenvalue weighted by atomic mass is 10.2. The van der Waals surface area contributed by atoms with Gasteiger partial charge in [0.05, 0.1) is 12.8 Å². The zero-order chi connectivity index (χ0) is 16.4. The predicted molar refractivity (Wildman–Crippen MR) is 93.6 cm³/mol. The van der Waals surface area contributed by atoms with Crippen LogP contribution in [0.15, 0.2) is 42.5 Å². The summed E-state index contributed by atoms with van der Waals surface area (Å²) in [6.45, 7) is 0. The number of anilines is 2. The van der Waals surface area contributed by atoms with Crippen LogP contribution in [0.2, 0.25) is 10.0 Å². The molecule has 1 fully saturated rings. The second kappa shape index (κ2) is 6.69. The van der Waals surface area contributed by atoms with Crippen molar-refractivity contribution in [3.63, 3.8) is 0 Å². The number of methoxy groups -OCH3 is 1. The van der Waals surface area contributed by atoms with Crippen molar-refractivity contribution in [2.75, 3.05) is 17.3 Å². The van der Waals surface area contributed by atoms with Crippen LogP contribution in [0.4, 0.5) is 11.4 Å². The highest BCUT2D eigenvalue weighted by Gasteiger charge is 2.32. The summed E-state index contributed by atoms with van der Waals surface area (Å²) < 4.78 is 5.35. The van der Waals surface area contributed by atoms with Gasteiger partial charge in [0, 0.05) is 22.2 Å². The molecule has 0 aromatic heterocycles. The van der Waals surface area contributed by atoms with Crippen LogP contribution in [0.25, 0.3) is 0 Å². The van der Waals surface area contributed by atoms with Crippen molar-refractivity contribution >= 4 is 40.5 Å². The summed E-state index contributed by atoms with van der Waals surface area (Å²) in [5, 5.41) is 4.38. The molecule has 1 aliphatic rings. The topological polar surface area (TPSA) is 41.6 Å². The number of hydrogen-bond donors (Lipinski definition) is 1. The van der Waals surface area contributed by atoms with Crippen LogP contribution >= 0.6 is 23.2 Å². The molecule has 0 saturated carbocycles. The monoisotopic (exact) mass is 350 g/mol. The molecule has 1 saturated heterocycles. The van der Waals surface area contributed by atoms with E-state index in [-0.39, 0.29) is 12.1 Å². The van der Waals surface area contributed by atoms with Gasteiger partial charge >= 0.3 is 0 Å². The van der Waals surface area contributed by atoms with Crippen LogP contribution in [0.5, 0.6) is 5.75 Å². The third-order valence-electron chi connectivity index (χ3n) is 3.77. The van der Waals surface area contributed by atoms with Gasteiger partial charge in [-0.3, -0.25) is 9.69 Å². The standard InChI is InChI=1S/C17H16Cl2N2O2/c1-23-15-5-3-2-4-14(15)20-16-6-7-17(22)21(16)13-9-11(18)8-12(19)10-13/h2-5,8-10,16,20H,6-7H2,1H3/t16-/m0/s1. The van der Waals surface area contributed by atoms with Crippen LogP contribution in [-0.2, 0) is 4.79 Å². The van der Waals surface area contributed by atoms with Crippen molar-refractivity contribution in [1.82, 2.24) is 0 Å². The molecule has 0 bridgehead atoms. The molecule has 1 aliphatic heterocycles. The maximum Gasteiger partial charge on any atom is 0.228 e. The minimum Gasteiger partial charge on any atom is -0.495 e. The fourth-order valence-corrected chi connectivity index (χ4v) is 3.28. The van der Waals surface area contributed by atoms with Crippen LogP contribution in [-0.4, -0.2) is 19.2 Å². The molecule has 23 heavy (non-hydrogen) atoms. The minimum absolute atomic E-state index is 0.0377. The molecule has 1 amide bonds. The van der Waals surface area contributed by atoms with E-state index in [2.05, 4.69) is 5.32 Å². The molecular formula is C17H16Cl2N2O2.